The predicted octanol–water partition coefficient (Wildman–Crippen LogP) is 3.96. The second-order valence-corrected chi connectivity index (χ2v) is 6.35. The van der Waals surface area contributed by atoms with Crippen molar-refractivity contribution in [2.24, 2.45) is 5.92 Å². The highest BCUT2D eigenvalue weighted by molar-refractivity contribution is 4.72. The van der Waals surface area contributed by atoms with Gasteiger partial charge in [-0.25, -0.2) is 0 Å². The molecule has 0 aromatic rings. The first-order valence-electron chi connectivity index (χ1n) is 8.39. The van der Waals surface area contributed by atoms with Crippen LogP contribution >= 0.6 is 0 Å². The normalized spacial score (nSPS) is 23.3. The largest absolute Gasteiger partial charge is 0.316 e. The van der Waals surface area contributed by atoms with Crippen molar-refractivity contribution in [1.29, 1.82) is 0 Å². The first-order chi connectivity index (χ1) is 8.95. The Morgan fingerprint density at radius 1 is 0.778 bits per heavy atom. The number of hydrogen-bond acceptors (Lipinski definition) is 2. The van der Waals surface area contributed by atoms with Gasteiger partial charge in [-0.1, -0.05) is 38.5 Å². The lowest BCUT2D eigenvalue weighted by Crippen LogP contribution is -2.33. The van der Waals surface area contributed by atoms with Crippen molar-refractivity contribution < 1.29 is 2.85 Å². The van der Waals surface area contributed by atoms with Crippen molar-refractivity contribution in [2.75, 3.05) is 19.6 Å². The summed E-state index contributed by atoms with van der Waals surface area (Å²) >= 11 is 0. The van der Waals surface area contributed by atoms with Gasteiger partial charge >= 0.3 is 0 Å². The molecule has 0 aliphatic heterocycles. The second kappa shape index (κ2) is 8.92. The Kier molecular flexibility index (Phi) is 7.11. The fourth-order valence-corrected chi connectivity index (χ4v) is 3.52. The summed E-state index contributed by atoms with van der Waals surface area (Å²) in [6.07, 6.45) is 15.8. The Balaban J connectivity index is 0.00000180. The summed E-state index contributed by atoms with van der Waals surface area (Å²) in [5.41, 5.74) is 0. The van der Waals surface area contributed by atoms with Gasteiger partial charge in [0.15, 0.2) is 0 Å². The van der Waals surface area contributed by atoms with Crippen LogP contribution in [0, 0.1) is 5.92 Å². The van der Waals surface area contributed by atoms with Crippen molar-refractivity contribution in [2.45, 2.75) is 76.7 Å². The molecule has 2 aliphatic rings. The molecule has 18 heavy (non-hydrogen) atoms. The van der Waals surface area contributed by atoms with E-state index in [0.717, 1.165) is 12.0 Å². The van der Waals surface area contributed by atoms with Crippen LogP contribution in [0.2, 0.25) is 0 Å². The third kappa shape index (κ3) is 5.71. The van der Waals surface area contributed by atoms with E-state index < -0.39 is 0 Å². The van der Waals surface area contributed by atoms with Crippen molar-refractivity contribution >= 4 is 0 Å². The molecular formula is C16H36N2. The van der Waals surface area contributed by atoms with E-state index in [4.69, 9.17) is 0 Å². The highest BCUT2D eigenvalue weighted by atomic mass is 14.9. The topological polar surface area (TPSA) is 24.1 Å². The summed E-state index contributed by atoms with van der Waals surface area (Å²) in [6.45, 7) is 3.68. The average Bonchev–Trinajstić information content (AvgIpc) is 2.45. The predicted molar refractivity (Wildman–Crippen MR) is 83.2 cm³/mol. The van der Waals surface area contributed by atoms with Gasteiger partial charge in [-0.05, 0) is 57.7 Å². The Bertz CT molecular complexity index is 181. The Hall–Kier alpha value is -0.0800. The van der Waals surface area contributed by atoms with Gasteiger partial charge in [-0.2, -0.15) is 0 Å². The van der Waals surface area contributed by atoms with Crippen LogP contribution in [-0.4, -0.2) is 25.7 Å². The molecule has 2 nitrogen and oxygen atoms in total. The fraction of sp³-hybridized carbons (Fsp3) is 1.00. The van der Waals surface area contributed by atoms with Crippen molar-refractivity contribution in [1.82, 2.24) is 10.6 Å². The molecule has 2 aliphatic carbocycles. The molecule has 2 heteroatoms. The maximum absolute atomic E-state index is 3.72. The average molecular weight is 256 g/mol. The van der Waals surface area contributed by atoms with E-state index >= 15 is 0 Å². The smallest absolute Gasteiger partial charge is 0.00670 e. The molecule has 2 N–H and O–H groups in total. The van der Waals surface area contributed by atoms with Gasteiger partial charge in [0.25, 0.3) is 0 Å². The molecule has 0 unspecified atom stereocenters. The van der Waals surface area contributed by atoms with Crippen molar-refractivity contribution in [3.8, 4) is 0 Å². The molecule has 2 saturated carbocycles. The zero-order valence-electron chi connectivity index (χ0n) is 12.1. The minimum absolute atomic E-state index is 0. The van der Waals surface area contributed by atoms with Gasteiger partial charge in [-0.3, -0.25) is 0 Å². The lowest BCUT2D eigenvalue weighted by molar-refractivity contribution is 0.338. The van der Waals surface area contributed by atoms with Gasteiger partial charge in [-0.15, -0.1) is 0 Å². The molecule has 0 bridgehead atoms. The fourth-order valence-electron chi connectivity index (χ4n) is 3.52. The molecule has 0 spiro atoms. The number of nitrogens with one attached hydrogen (secondary N) is 2. The third-order valence-electron chi connectivity index (χ3n) is 4.73. The van der Waals surface area contributed by atoms with Crippen molar-refractivity contribution in [3.05, 3.63) is 0 Å². The monoisotopic (exact) mass is 256 g/mol. The van der Waals surface area contributed by atoms with Gasteiger partial charge < -0.3 is 10.6 Å². The van der Waals surface area contributed by atoms with Crippen LogP contribution in [0.4, 0.5) is 0 Å². The van der Waals surface area contributed by atoms with E-state index in [2.05, 4.69) is 10.6 Å². The summed E-state index contributed by atoms with van der Waals surface area (Å²) in [4.78, 5) is 0. The van der Waals surface area contributed by atoms with Gasteiger partial charge in [0.2, 0.25) is 0 Å². The third-order valence-corrected chi connectivity index (χ3v) is 4.73. The molecule has 0 radical (unpaired) electrons. The van der Waals surface area contributed by atoms with E-state index in [9.17, 15) is 0 Å². The van der Waals surface area contributed by atoms with Crippen LogP contribution in [0.5, 0.6) is 0 Å². The second-order valence-electron chi connectivity index (χ2n) is 6.35. The molecular weight excluding hydrogens is 220 g/mol. The zero-order valence-corrected chi connectivity index (χ0v) is 12.1. The minimum atomic E-state index is 0. The summed E-state index contributed by atoms with van der Waals surface area (Å²) in [5.74, 6) is 0.977. The van der Waals surface area contributed by atoms with Gasteiger partial charge in [0, 0.05) is 8.90 Å². The maximum atomic E-state index is 3.72. The molecule has 0 atom stereocenters. The Morgan fingerprint density at radius 3 is 2.17 bits per heavy atom. The summed E-state index contributed by atoms with van der Waals surface area (Å²) in [5, 5.41) is 7.37. The van der Waals surface area contributed by atoms with E-state index in [0.29, 0.717) is 0 Å². The molecule has 110 valence electrons. The van der Waals surface area contributed by atoms with Gasteiger partial charge in [0.05, 0.1) is 0 Å². The Labute approximate surface area is 116 Å². The summed E-state index contributed by atoms with van der Waals surface area (Å²) < 4.78 is 0. The van der Waals surface area contributed by atoms with E-state index in [-0.39, 0.29) is 2.85 Å². The van der Waals surface area contributed by atoms with Crippen LogP contribution in [0.25, 0.3) is 0 Å². The lowest BCUT2D eigenvalue weighted by Gasteiger charge is -2.23. The van der Waals surface area contributed by atoms with E-state index in [1.54, 1.807) is 0 Å². The van der Waals surface area contributed by atoms with Crippen LogP contribution in [0.15, 0.2) is 0 Å². The highest BCUT2D eigenvalue weighted by Gasteiger charge is 2.13. The zero-order chi connectivity index (χ0) is 12.5. The number of hydrogen-bond donors (Lipinski definition) is 2. The summed E-state index contributed by atoms with van der Waals surface area (Å²) in [7, 11) is 0. The van der Waals surface area contributed by atoms with Crippen LogP contribution < -0.4 is 10.6 Å². The first kappa shape index (κ1) is 14.3. The van der Waals surface area contributed by atoms with Crippen LogP contribution in [0.1, 0.15) is 73.5 Å². The lowest BCUT2D eigenvalue weighted by atomic mass is 9.89. The Morgan fingerprint density at radius 2 is 1.44 bits per heavy atom. The quantitative estimate of drug-likeness (QED) is 0.674. The molecule has 2 fully saturated rings. The first-order valence-corrected chi connectivity index (χ1v) is 8.39. The minimum Gasteiger partial charge on any atom is -0.316 e. The van der Waals surface area contributed by atoms with E-state index in [1.807, 2.05) is 0 Å². The van der Waals surface area contributed by atoms with Gasteiger partial charge in [0.1, 0.15) is 0 Å². The highest BCUT2D eigenvalue weighted by Crippen LogP contribution is 2.22. The molecule has 0 heterocycles. The molecule has 0 aromatic heterocycles. The maximum Gasteiger partial charge on any atom is 0.00670 e. The standard InChI is InChI=1S/C16H32N2.2H2/c1-3-8-15(9-4-1)14-17-12-7-13-18-16-10-5-2-6-11-16;;/h15-18H,1-14H2;2*1H. The van der Waals surface area contributed by atoms with E-state index in [1.165, 1.54) is 90.3 Å². The molecule has 2 rings (SSSR count). The number of rotatable bonds is 7. The molecule has 0 amide bonds. The van der Waals surface area contributed by atoms with Crippen molar-refractivity contribution in [3.63, 3.8) is 0 Å². The molecule has 0 aromatic carbocycles. The van der Waals surface area contributed by atoms with Crippen LogP contribution in [0.3, 0.4) is 0 Å². The summed E-state index contributed by atoms with van der Waals surface area (Å²) in [6, 6.07) is 0.831. The SMILES string of the molecule is C1CCC(CNCCCNC2CCCCC2)CC1.[HH].[HH]. The molecule has 0 saturated heterocycles. The van der Waals surface area contributed by atoms with Crippen LogP contribution in [-0.2, 0) is 0 Å².